The Balaban J connectivity index is 1.96. The first-order valence-corrected chi connectivity index (χ1v) is 10.3. The maximum atomic E-state index is 11.0. The monoisotopic (exact) mass is 345 g/mol. The molecule has 0 aliphatic heterocycles. The molecule has 7 unspecified atom stereocenters. The molecule has 3 nitrogen and oxygen atoms in total. The molecule has 0 radical (unpaired) electrons. The van der Waals surface area contributed by atoms with Crippen LogP contribution >= 0.6 is 0 Å². The standard InChI is InChI=1S/C22H37N2O/c1-14-9-10-22(23-6)16(3)7-8-18-15(2)11-17(19(14)20(18)22)12-21(4,5)24-13-25/h13,15-20H,1,7-12H2,2-6H3,(H,24,25)/q-1. The van der Waals surface area contributed by atoms with Crippen LogP contribution in [0.1, 0.15) is 66.2 Å². The highest BCUT2D eigenvalue weighted by Crippen LogP contribution is 2.63. The second kappa shape index (κ2) is 6.72. The average Bonchev–Trinajstić information content (AvgIpc) is 2.54. The van der Waals surface area contributed by atoms with Crippen LogP contribution in [0.15, 0.2) is 12.2 Å². The minimum Gasteiger partial charge on any atom is -0.659 e. The quantitative estimate of drug-likeness (QED) is 0.557. The third-order valence-corrected chi connectivity index (χ3v) is 8.08. The van der Waals surface area contributed by atoms with Crippen molar-refractivity contribution in [2.75, 3.05) is 7.05 Å². The lowest BCUT2D eigenvalue weighted by Crippen LogP contribution is -2.60. The molecular formula is C22H37N2O-. The summed E-state index contributed by atoms with van der Waals surface area (Å²) in [5.74, 6) is 4.06. The van der Waals surface area contributed by atoms with Gasteiger partial charge in [-0.15, -0.1) is 5.54 Å². The number of nitrogens with zero attached hydrogens (tertiary/aromatic N) is 1. The van der Waals surface area contributed by atoms with E-state index < -0.39 is 0 Å². The second-order valence-corrected chi connectivity index (χ2v) is 9.89. The topological polar surface area (TPSA) is 43.2 Å². The second-order valence-electron chi connectivity index (χ2n) is 9.89. The van der Waals surface area contributed by atoms with E-state index in [0.29, 0.717) is 23.7 Å². The molecule has 3 rings (SSSR count). The Hall–Kier alpha value is -0.830. The third-order valence-electron chi connectivity index (χ3n) is 8.08. The summed E-state index contributed by atoms with van der Waals surface area (Å²) in [7, 11) is 2.07. The van der Waals surface area contributed by atoms with E-state index in [1.807, 2.05) is 0 Å². The van der Waals surface area contributed by atoms with Crippen LogP contribution in [0.3, 0.4) is 0 Å². The molecule has 3 fully saturated rings. The van der Waals surface area contributed by atoms with Crippen LogP contribution in [-0.2, 0) is 4.79 Å². The minimum atomic E-state index is -0.150. The van der Waals surface area contributed by atoms with Crippen LogP contribution in [0.4, 0.5) is 0 Å². The van der Waals surface area contributed by atoms with Crippen molar-refractivity contribution in [3.63, 3.8) is 0 Å². The van der Waals surface area contributed by atoms with E-state index in [0.717, 1.165) is 31.1 Å². The maximum Gasteiger partial charge on any atom is 0.207 e. The van der Waals surface area contributed by atoms with E-state index in [1.165, 1.54) is 31.3 Å². The molecule has 1 amide bonds. The zero-order valence-electron chi connectivity index (χ0n) is 16.8. The lowest BCUT2D eigenvalue weighted by atomic mass is 9.44. The van der Waals surface area contributed by atoms with E-state index in [2.05, 4.69) is 46.6 Å². The van der Waals surface area contributed by atoms with Gasteiger partial charge in [-0.25, -0.2) is 0 Å². The molecule has 0 saturated heterocycles. The number of allylic oxidation sites excluding steroid dienone is 1. The Morgan fingerprint density at radius 1 is 1.36 bits per heavy atom. The summed E-state index contributed by atoms with van der Waals surface area (Å²) >= 11 is 0. The third kappa shape index (κ3) is 3.07. The maximum absolute atomic E-state index is 11.0. The zero-order valence-corrected chi connectivity index (χ0v) is 16.8. The van der Waals surface area contributed by atoms with Gasteiger partial charge in [0.05, 0.1) is 0 Å². The Kier molecular flexibility index (Phi) is 5.09. The Morgan fingerprint density at radius 2 is 2.08 bits per heavy atom. The fraction of sp³-hybridized carbons (Fsp3) is 0.864. The first-order chi connectivity index (χ1) is 11.8. The van der Waals surface area contributed by atoms with Crippen molar-refractivity contribution in [1.29, 1.82) is 0 Å². The molecular weight excluding hydrogens is 308 g/mol. The number of nitrogens with one attached hydrogen (secondary N) is 1. The number of amides is 1. The Bertz CT molecular complexity index is 528. The molecule has 0 bridgehead atoms. The summed E-state index contributed by atoms with van der Waals surface area (Å²) in [6.07, 6.45) is 8.17. The van der Waals surface area contributed by atoms with Gasteiger partial charge >= 0.3 is 0 Å². The van der Waals surface area contributed by atoms with Crippen LogP contribution in [0.2, 0.25) is 0 Å². The van der Waals surface area contributed by atoms with E-state index in [4.69, 9.17) is 5.32 Å². The van der Waals surface area contributed by atoms with Gasteiger partial charge in [0.15, 0.2) is 0 Å². The van der Waals surface area contributed by atoms with E-state index in [-0.39, 0.29) is 11.1 Å². The molecule has 7 atom stereocenters. The van der Waals surface area contributed by atoms with Crippen LogP contribution in [0.5, 0.6) is 0 Å². The van der Waals surface area contributed by atoms with E-state index in [9.17, 15) is 4.79 Å². The summed E-state index contributed by atoms with van der Waals surface area (Å²) in [6.45, 7) is 13.7. The number of hydrogen-bond acceptors (Lipinski definition) is 1. The molecule has 0 aromatic carbocycles. The van der Waals surface area contributed by atoms with Crippen molar-refractivity contribution in [3.8, 4) is 0 Å². The van der Waals surface area contributed by atoms with Crippen molar-refractivity contribution in [3.05, 3.63) is 17.5 Å². The molecule has 3 aliphatic rings. The van der Waals surface area contributed by atoms with Crippen molar-refractivity contribution in [2.24, 2.45) is 35.5 Å². The Labute approximate surface area is 154 Å². The fourth-order valence-electron chi connectivity index (χ4n) is 6.97. The molecule has 1 N–H and O–H groups in total. The van der Waals surface area contributed by atoms with Crippen LogP contribution in [0, 0.1) is 35.5 Å². The normalized spacial score (nSPS) is 44.1. The zero-order chi connectivity index (χ0) is 18.4. The first kappa shape index (κ1) is 18.9. The number of rotatable bonds is 5. The highest BCUT2D eigenvalue weighted by Gasteiger charge is 2.55. The predicted molar refractivity (Wildman–Crippen MR) is 104 cm³/mol. The van der Waals surface area contributed by atoms with Gasteiger partial charge in [0.2, 0.25) is 6.41 Å². The van der Waals surface area contributed by atoms with Gasteiger partial charge in [-0.3, -0.25) is 4.79 Å². The van der Waals surface area contributed by atoms with Crippen LogP contribution in [-0.4, -0.2) is 24.5 Å². The minimum absolute atomic E-state index is 0.150. The molecule has 142 valence electrons. The smallest absolute Gasteiger partial charge is 0.207 e. The van der Waals surface area contributed by atoms with Gasteiger partial charge in [0, 0.05) is 5.54 Å². The number of carbonyl (C=O) groups is 1. The Morgan fingerprint density at radius 3 is 2.72 bits per heavy atom. The average molecular weight is 346 g/mol. The number of carbonyl (C=O) groups excluding carboxylic acids is 1. The summed E-state index contributed by atoms with van der Waals surface area (Å²) in [5, 5.41) is 8.13. The van der Waals surface area contributed by atoms with Crippen LogP contribution < -0.4 is 5.32 Å². The number of hydrogen-bond donors (Lipinski definition) is 1. The van der Waals surface area contributed by atoms with Crippen molar-refractivity contribution < 1.29 is 4.79 Å². The van der Waals surface area contributed by atoms with Gasteiger partial charge in [0.25, 0.3) is 0 Å². The van der Waals surface area contributed by atoms with E-state index in [1.54, 1.807) is 0 Å². The summed E-state index contributed by atoms with van der Waals surface area (Å²) in [4.78, 5) is 11.0. The van der Waals surface area contributed by atoms with Gasteiger partial charge in [-0.05, 0) is 69.1 Å². The predicted octanol–water partition coefficient (Wildman–Crippen LogP) is 4.93. The molecule has 3 heteroatoms. The van der Waals surface area contributed by atoms with Gasteiger partial charge < -0.3 is 10.6 Å². The highest BCUT2D eigenvalue weighted by atomic mass is 16.1. The van der Waals surface area contributed by atoms with Crippen LogP contribution in [0.25, 0.3) is 5.32 Å². The fourth-order valence-corrected chi connectivity index (χ4v) is 6.97. The summed E-state index contributed by atoms with van der Waals surface area (Å²) in [6, 6.07) is 0. The van der Waals surface area contributed by atoms with Gasteiger partial charge in [-0.1, -0.05) is 44.8 Å². The SMILES string of the molecule is C=C1CCC2([N-]C)C(C)CCC3C(C)CC(CC(C)(C)NC=O)C1C32. The van der Waals surface area contributed by atoms with E-state index >= 15 is 0 Å². The molecule has 0 aromatic heterocycles. The molecule has 25 heavy (non-hydrogen) atoms. The largest absolute Gasteiger partial charge is 0.659 e. The van der Waals surface area contributed by atoms with Crippen molar-refractivity contribution in [2.45, 2.75) is 77.3 Å². The van der Waals surface area contributed by atoms with Gasteiger partial charge in [-0.2, -0.15) is 7.05 Å². The lowest BCUT2D eigenvalue weighted by Gasteiger charge is -2.69. The molecule has 0 aromatic rings. The van der Waals surface area contributed by atoms with Gasteiger partial charge in [0.1, 0.15) is 0 Å². The lowest BCUT2D eigenvalue weighted by molar-refractivity contribution is -0.111. The highest BCUT2D eigenvalue weighted by molar-refractivity contribution is 5.47. The van der Waals surface area contributed by atoms with Crippen molar-refractivity contribution in [1.82, 2.24) is 5.32 Å². The summed E-state index contributed by atoms with van der Waals surface area (Å²) in [5.41, 5.74) is 1.47. The molecule has 3 aliphatic carbocycles. The molecule has 0 heterocycles. The van der Waals surface area contributed by atoms with Crippen molar-refractivity contribution >= 4 is 6.41 Å². The first-order valence-electron chi connectivity index (χ1n) is 10.3. The molecule has 3 saturated carbocycles. The summed E-state index contributed by atoms with van der Waals surface area (Å²) < 4.78 is 0. The molecule has 0 spiro atoms.